The van der Waals surface area contributed by atoms with Crippen molar-refractivity contribution < 1.29 is 4.52 Å². The van der Waals surface area contributed by atoms with Gasteiger partial charge in [-0.1, -0.05) is 90.1 Å². The van der Waals surface area contributed by atoms with Crippen molar-refractivity contribution in [3.05, 3.63) is 121 Å². The Morgan fingerprint density at radius 1 is 0.625 bits per heavy atom. The number of rotatable bonds is 5. The van der Waals surface area contributed by atoms with Crippen LogP contribution in [-0.2, 0) is 0 Å². The molecule has 1 aromatic heterocycles. The summed E-state index contributed by atoms with van der Waals surface area (Å²) in [4.78, 5) is 0. The van der Waals surface area contributed by atoms with Crippen LogP contribution in [0.4, 0.5) is 0 Å². The monoisotopic (exact) mass is 434 g/mol. The van der Waals surface area contributed by atoms with Crippen molar-refractivity contribution >= 4 is 23.2 Å². The van der Waals surface area contributed by atoms with Crippen LogP contribution in [0.1, 0.15) is 5.69 Å². The zero-order valence-electron chi connectivity index (χ0n) is 18.3. The lowest BCUT2D eigenvalue weighted by Crippen LogP contribution is -2.31. The minimum absolute atomic E-state index is 0.822. The van der Waals surface area contributed by atoms with Crippen molar-refractivity contribution in [3.63, 3.8) is 0 Å². The molecule has 0 saturated heterocycles. The first-order valence-electron chi connectivity index (χ1n) is 10.8. The number of hydrogen-bond acceptors (Lipinski definition) is 2. The zero-order valence-corrected chi connectivity index (χ0v) is 19.2. The maximum atomic E-state index is 5.88. The Hall–Kier alpha value is -3.48. The summed E-state index contributed by atoms with van der Waals surface area (Å²) in [5.41, 5.74) is 4.21. The predicted molar refractivity (Wildman–Crippen MR) is 137 cm³/mol. The first-order chi connectivity index (χ1) is 15.7. The van der Waals surface area contributed by atoms with E-state index in [4.69, 9.17) is 4.52 Å². The first kappa shape index (κ1) is 20.4. The second-order valence-electron chi connectivity index (χ2n) is 8.03. The number of aromatic nitrogens is 1. The standard InChI is InChI=1S/C29H25NOP/c1-22-28(29(31-30-22)23-14-6-3-7-15-23)26-20-12-13-21-27(26)32(2,24-16-8-4-9-17-24)25-18-10-5-11-19-25/h3-21H,1-2H3/q+1. The fourth-order valence-corrected chi connectivity index (χ4v) is 7.87. The highest BCUT2D eigenvalue weighted by atomic mass is 31.2. The van der Waals surface area contributed by atoms with E-state index in [1.165, 1.54) is 21.5 Å². The largest absolute Gasteiger partial charge is 0.355 e. The van der Waals surface area contributed by atoms with Crippen LogP contribution in [0, 0.1) is 6.92 Å². The van der Waals surface area contributed by atoms with Gasteiger partial charge in [0.25, 0.3) is 0 Å². The van der Waals surface area contributed by atoms with Crippen LogP contribution in [0.25, 0.3) is 22.5 Å². The molecule has 5 aromatic rings. The fraction of sp³-hybridized carbons (Fsp3) is 0.0690. The summed E-state index contributed by atoms with van der Waals surface area (Å²) in [5, 5.41) is 8.42. The molecule has 0 unspecified atom stereocenters. The summed E-state index contributed by atoms with van der Waals surface area (Å²) in [6.07, 6.45) is 0. The predicted octanol–water partition coefficient (Wildman–Crippen LogP) is 6.24. The molecule has 0 atom stereocenters. The maximum Gasteiger partial charge on any atom is 0.175 e. The Morgan fingerprint density at radius 3 is 1.72 bits per heavy atom. The molecule has 0 aliphatic heterocycles. The van der Waals surface area contributed by atoms with Gasteiger partial charge in [0.15, 0.2) is 5.76 Å². The van der Waals surface area contributed by atoms with Gasteiger partial charge in [-0.25, -0.2) is 0 Å². The second kappa shape index (κ2) is 8.57. The molecule has 0 saturated carbocycles. The molecule has 0 radical (unpaired) electrons. The third-order valence-electron chi connectivity index (χ3n) is 6.10. The van der Waals surface area contributed by atoms with E-state index < -0.39 is 7.26 Å². The average molecular weight is 434 g/mol. The summed E-state index contributed by atoms with van der Waals surface area (Å²) in [7, 11) is -1.91. The molecule has 4 aromatic carbocycles. The van der Waals surface area contributed by atoms with Gasteiger partial charge in [0.1, 0.15) is 23.2 Å². The van der Waals surface area contributed by atoms with E-state index >= 15 is 0 Å². The molecule has 1 heterocycles. The normalized spacial score (nSPS) is 11.4. The van der Waals surface area contributed by atoms with Gasteiger partial charge in [0, 0.05) is 11.1 Å². The summed E-state index contributed by atoms with van der Waals surface area (Å²) in [5.74, 6) is 0.822. The van der Waals surface area contributed by atoms with Crippen LogP contribution < -0.4 is 15.9 Å². The fourth-order valence-electron chi connectivity index (χ4n) is 4.43. The van der Waals surface area contributed by atoms with E-state index in [9.17, 15) is 0 Å². The van der Waals surface area contributed by atoms with Crippen molar-refractivity contribution in [2.24, 2.45) is 0 Å². The molecule has 0 N–H and O–H groups in total. The summed E-state index contributed by atoms with van der Waals surface area (Å²) < 4.78 is 5.88. The highest BCUT2D eigenvalue weighted by Crippen LogP contribution is 2.54. The molecule has 156 valence electrons. The summed E-state index contributed by atoms with van der Waals surface area (Å²) >= 11 is 0. The van der Waals surface area contributed by atoms with Crippen LogP contribution in [-0.4, -0.2) is 11.8 Å². The maximum absolute atomic E-state index is 5.88. The Labute approximate surface area is 189 Å². The van der Waals surface area contributed by atoms with Gasteiger partial charge >= 0.3 is 0 Å². The number of hydrogen-bond donors (Lipinski definition) is 0. The van der Waals surface area contributed by atoms with Gasteiger partial charge < -0.3 is 4.52 Å². The molecule has 32 heavy (non-hydrogen) atoms. The molecule has 0 aliphatic carbocycles. The highest BCUT2D eigenvalue weighted by Gasteiger charge is 2.42. The van der Waals surface area contributed by atoms with Crippen molar-refractivity contribution in [1.82, 2.24) is 5.16 Å². The van der Waals surface area contributed by atoms with Crippen LogP contribution in [0.3, 0.4) is 0 Å². The Morgan fingerprint density at radius 2 is 1.12 bits per heavy atom. The van der Waals surface area contributed by atoms with Crippen molar-refractivity contribution in [3.8, 4) is 22.5 Å². The van der Waals surface area contributed by atoms with Gasteiger partial charge in [-0.2, -0.15) is 0 Å². The Kier molecular flexibility index (Phi) is 5.47. The SMILES string of the molecule is Cc1noc(-c2ccccc2)c1-c1ccccc1[P+](C)(c1ccccc1)c1ccccc1. The lowest BCUT2D eigenvalue weighted by atomic mass is 10.00. The number of benzene rings is 4. The molecule has 0 spiro atoms. The molecule has 2 nitrogen and oxygen atoms in total. The highest BCUT2D eigenvalue weighted by molar-refractivity contribution is 7.95. The molecule has 3 heteroatoms. The Bertz CT molecular complexity index is 1290. The number of aryl methyl sites for hydroxylation is 1. The van der Waals surface area contributed by atoms with E-state index in [2.05, 4.69) is 109 Å². The van der Waals surface area contributed by atoms with Crippen LogP contribution in [0.5, 0.6) is 0 Å². The number of nitrogens with zero attached hydrogens (tertiary/aromatic N) is 1. The van der Waals surface area contributed by atoms with Gasteiger partial charge in [-0.15, -0.1) is 0 Å². The molecule has 0 aliphatic rings. The summed E-state index contributed by atoms with van der Waals surface area (Å²) in [6.45, 7) is 4.45. The smallest absolute Gasteiger partial charge is 0.175 e. The van der Waals surface area contributed by atoms with Crippen molar-refractivity contribution in [2.45, 2.75) is 6.92 Å². The lowest BCUT2D eigenvalue weighted by Gasteiger charge is -2.25. The summed E-state index contributed by atoms with van der Waals surface area (Å²) in [6, 6.07) is 40.8. The topological polar surface area (TPSA) is 26.0 Å². The quantitative estimate of drug-likeness (QED) is 0.306. The molecule has 0 bridgehead atoms. The molecule has 0 amide bonds. The third-order valence-corrected chi connectivity index (χ3v) is 10.1. The minimum Gasteiger partial charge on any atom is -0.355 e. The second-order valence-corrected chi connectivity index (χ2v) is 11.6. The van der Waals surface area contributed by atoms with E-state index in [1.54, 1.807) is 0 Å². The van der Waals surface area contributed by atoms with Crippen LogP contribution in [0.15, 0.2) is 120 Å². The van der Waals surface area contributed by atoms with Crippen molar-refractivity contribution in [1.29, 1.82) is 0 Å². The van der Waals surface area contributed by atoms with Gasteiger partial charge in [-0.3, -0.25) is 0 Å². The van der Waals surface area contributed by atoms with E-state index in [0.29, 0.717) is 0 Å². The first-order valence-corrected chi connectivity index (χ1v) is 13.0. The molecule has 5 rings (SSSR count). The molecule has 0 fully saturated rings. The van der Waals surface area contributed by atoms with E-state index in [0.717, 1.165) is 22.6 Å². The van der Waals surface area contributed by atoms with Crippen molar-refractivity contribution in [2.75, 3.05) is 6.66 Å². The Balaban J connectivity index is 1.80. The van der Waals surface area contributed by atoms with E-state index in [-0.39, 0.29) is 0 Å². The minimum atomic E-state index is -1.91. The van der Waals surface area contributed by atoms with Gasteiger partial charge in [-0.05, 0) is 37.3 Å². The average Bonchev–Trinajstić information content (AvgIpc) is 3.26. The zero-order chi connectivity index (χ0) is 22.0. The van der Waals surface area contributed by atoms with Crippen LogP contribution >= 0.6 is 7.26 Å². The molecular formula is C29H25NOP+. The third kappa shape index (κ3) is 3.47. The van der Waals surface area contributed by atoms with E-state index in [1.807, 2.05) is 25.1 Å². The van der Waals surface area contributed by atoms with Gasteiger partial charge in [0.2, 0.25) is 0 Å². The van der Waals surface area contributed by atoms with Gasteiger partial charge in [0.05, 0.1) is 17.9 Å². The molecular weight excluding hydrogens is 409 g/mol. The van der Waals surface area contributed by atoms with Crippen LogP contribution in [0.2, 0.25) is 0 Å². The lowest BCUT2D eigenvalue weighted by molar-refractivity contribution is 0.427.